The summed E-state index contributed by atoms with van der Waals surface area (Å²) in [5.74, 6) is 0.473. The minimum absolute atomic E-state index is 0.0586. The Bertz CT molecular complexity index is 248. The van der Waals surface area contributed by atoms with Crippen molar-refractivity contribution < 1.29 is 14.6 Å². The Kier molecular flexibility index (Phi) is 7.23. The lowest BCUT2D eigenvalue weighted by molar-refractivity contribution is -0.127. The van der Waals surface area contributed by atoms with Crippen molar-refractivity contribution >= 4 is 5.91 Å². The van der Waals surface area contributed by atoms with E-state index in [1.54, 1.807) is 7.11 Å². The van der Waals surface area contributed by atoms with E-state index >= 15 is 0 Å². The quantitative estimate of drug-likeness (QED) is 0.612. The van der Waals surface area contributed by atoms with E-state index < -0.39 is 6.10 Å². The van der Waals surface area contributed by atoms with Gasteiger partial charge in [-0.15, -0.1) is 0 Å². The Morgan fingerprint density at radius 1 is 1.50 bits per heavy atom. The van der Waals surface area contributed by atoms with Crippen molar-refractivity contribution in [1.82, 2.24) is 5.32 Å². The molecule has 0 aliphatic heterocycles. The number of nitrogens with one attached hydrogen (secondary N) is 1. The normalized spacial score (nSPS) is 25.7. The van der Waals surface area contributed by atoms with Gasteiger partial charge in [-0.05, 0) is 31.7 Å². The summed E-state index contributed by atoms with van der Waals surface area (Å²) in [6, 6.07) is 0. The molecule has 106 valence electrons. The molecule has 18 heavy (non-hydrogen) atoms. The lowest BCUT2D eigenvalue weighted by Gasteiger charge is -2.29. The van der Waals surface area contributed by atoms with Gasteiger partial charge < -0.3 is 20.9 Å². The summed E-state index contributed by atoms with van der Waals surface area (Å²) >= 11 is 0. The van der Waals surface area contributed by atoms with Crippen molar-refractivity contribution in [2.75, 3.05) is 26.8 Å². The first kappa shape index (κ1) is 15.4. The predicted molar refractivity (Wildman–Crippen MR) is 70.0 cm³/mol. The first-order chi connectivity index (χ1) is 8.69. The molecule has 0 aromatic carbocycles. The van der Waals surface area contributed by atoms with Gasteiger partial charge in [-0.3, -0.25) is 4.79 Å². The number of hydrogen-bond acceptors (Lipinski definition) is 4. The van der Waals surface area contributed by atoms with Gasteiger partial charge in [0.05, 0.1) is 12.7 Å². The van der Waals surface area contributed by atoms with E-state index in [2.05, 4.69) is 5.32 Å². The molecule has 3 atom stereocenters. The third-order valence-corrected chi connectivity index (χ3v) is 3.68. The Morgan fingerprint density at radius 2 is 2.22 bits per heavy atom. The molecule has 0 bridgehead atoms. The number of methoxy groups -OCH3 is 1. The van der Waals surface area contributed by atoms with E-state index in [1.807, 2.05) is 0 Å². The molecule has 0 radical (unpaired) electrons. The van der Waals surface area contributed by atoms with Crippen LogP contribution >= 0.6 is 0 Å². The molecular formula is C13H26N2O3. The highest BCUT2D eigenvalue weighted by Crippen LogP contribution is 2.29. The van der Waals surface area contributed by atoms with E-state index in [0.717, 1.165) is 19.3 Å². The second kappa shape index (κ2) is 8.45. The average molecular weight is 258 g/mol. The standard InChI is InChI=1S/C13H26N2O3/c1-18-9-11(16)6-7-15-13(17)12-5-3-2-4-10(12)8-14/h10-12,16H,2-9,14H2,1H3,(H,15,17). The van der Waals surface area contributed by atoms with Crippen molar-refractivity contribution in [2.24, 2.45) is 17.6 Å². The van der Waals surface area contributed by atoms with Crippen LogP contribution in [0.25, 0.3) is 0 Å². The summed E-state index contributed by atoms with van der Waals surface area (Å²) in [5, 5.41) is 12.4. The van der Waals surface area contributed by atoms with Crippen molar-refractivity contribution in [3.63, 3.8) is 0 Å². The highest BCUT2D eigenvalue weighted by Gasteiger charge is 2.29. The first-order valence-corrected chi connectivity index (χ1v) is 6.83. The zero-order chi connectivity index (χ0) is 13.4. The minimum atomic E-state index is -0.507. The van der Waals surface area contributed by atoms with Crippen LogP contribution in [0.15, 0.2) is 0 Å². The van der Waals surface area contributed by atoms with Gasteiger partial charge in [0.25, 0.3) is 0 Å². The van der Waals surface area contributed by atoms with E-state index in [0.29, 0.717) is 32.0 Å². The van der Waals surface area contributed by atoms with Crippen LogP contribution in [0.1, 0.15) is 32.1 Å². The molecule has 1 amide bonds. The molecule has 0 saturated heterocycles. The summed E-state index contributed by atoms with van der Waals surface area (Å²) in [4.78, 5) is 12.0. The number of amides is 1. The van der Waals surface area contributed by atoms with E-state index in [-0.39, 0.29) is 11.8 Å². The zero-order valence-electron chi connectivity index (χ0n) is 11.2. The number of nitrogens with two attached hydrogens (primary N) is 1. The molecule has 1 aliphatic rings. The predicted octanol–water partition coefficient (Wildman–Crippen LogP) is 0.265. The van der Waals surface area contributed by atoms with Gasteiger partial charge in [0.1, 0.15) is 0 Å². The number of aliphatic hydroxyl groups is 1. The molecule has 0 heterocycles. The molecule has 5 heteroatoms. The Morgan fingerprint density at radius 3 is 2.89 bits per heavy atom. The maximum absolute atomic E-state index is 12.0. The number of aliphatic hydroxyl groups excluding tert-OH is 1. The maximum atomic E-state index is 12.0. The highest BCUT2D eigenvalue weighted by molar-refractivity contribution is 5.79. The minimum Gasteiger partial charge on any atom is -0.391 e. The van der Waals surface area contributed by atoms with Gasteiger partial charge in [0.15, 0.2) is 0 Å². The fourth-order valence-corrected chi connectivity index (χ4v) is 2.60. The summed E-state index contributed by atoms with van der Waals surface area (Å²) in [5.41, 5.74) is 5.71. The topological polar surface area (TPSA) is 84.6 Å². The van der Waals surface area contributed by atoms with Crippen LogP contribution in [0.4, 0.5) is 0 Å². The molecule has 5 nitrogen and oxygen atoms in total. The molecule has 1 saturated carbocycles. The van der Waals surface area contributed by atoms with Crippen LogP contribution < -0.4 is 11.1 Å². The monoisotopic (exact) mass is 258 g/mol. The molecule has 3 unspecified atom stereocenters. The fourth-order valence-electron chi connectivity index (χ4n) is 2.60. The largest absolute Gasteiger partial charge is 0.391 e. The summed E-state index contributed by atoms with van der Waals surface area (Å²) in [6.45, 7) is 1.40. The van der Waals surface area contributed by atoms with Crippen LogP contribution in [-0.2, 0) is 9.53 Å². The number of carbonyl (C=O) groups excluding carboxylic acids is 1. The smallest absolute Gasteiger partial charge is 0.223 e. The average Bonchev–Trinajstić information content (AvgIpc) is 2.38. The van der Waals surface area contributed by atoms with Crippen molar-refractivity contribution in [3.05, 3.63) is 0 Å². The van der Waals surface area contributed by atoms with E-state index in [1.165, 1.54) is 6.42 Å². The molecule has 1 aliphatic carbocycles. The molecule has 0 aromatic rings. The van der Waals surface area contributed by atoms with Gasteiger partial charge in [-0.25, -0.2) is 0 Å². The number of ether oxygens (including phenoxy) is 1. The number of rotatable bonds is 7. The Balaban J connectivity index is 2.26. The molecule has 4 N–H and O–H groups in total. The summed E-state index contributed by atoms with van der Waals surface area (Å²) in [6.07, 6.45) is 4.31. The van der Waals surface area contributed by atoms with Crippen LogP contribution in [0.5, 0.6) is 0 Å². The molecule has 0 spiro atoms. The van der Waals surface area contributed by atoms with Crippen molar-refractivity contribution in [1.29, 1.82) is 0 Å². The number of hydrogen-bond donors (Lipinski definition) is 3. The van der Waals surface area contributed by atoms with Crippen molar-refractivity contribution in [2.45, 2.75) is 38.2 Å². The fraction of sp³-hybridized carbons (Fsp3) is 0.923. The van der Waals surface area contributed by atoms with Crippen LogP contribution in [-0.4, -0.2) is 43.9 Å². The third-order valence-electron chi connectivity index (χ3n) is 3.68. The summed E-state index contributed by atoms with van der Waals surface area (Å²) in [7, 11) is 1.55. The van der Waals surface area contributed by atoms with Gasteiger partial charge in [-0.1, -0.05) is 12.8 Å². The van der Waals surface area contributed by atoms with Gasteiger partial charge in [-0.2, -0.15) is 0 Å². The molecule has 0 aromatic heterocycles. The molecular weight excluding hydrogens is 232 g/mol. The van der Waals surface area contributed by atoms with Crippen LogP contribution in [0, 0.1) is 11.8 Å². The van der Waals surface area contributed by atoms with Gasteiger partial charge >= 0.3 is 0 Å². The second-order valence-corrected chi connectivity index (χ2v) is 5.08. The van der Waals surface area contributed by atoms with Gasteiger partial charge in [0, 0.05) is 19.6 Å². The SMILES string of the molecule is COCC(O)CCNC(=O)C1CCCCC1CN. The highest BCUT2D eigenvalue weighted by atomic mass is 16.5. The first-order valence-electron chi connectivity index (χ1n) is 6.83. The van der Waals surface area contributed by atoms with Crippen molar-refractivity contribution in [3.8, 4) is 0 Å². The van der Waals surface area contributed by atoms with E-state index in [9.17, 15) is 9.90 Å². The lowest BCUT2D eigenvalue weighted by atomic mass is 9.79. The molecule has 1 fully saturated rings. The molecule has 1 rings (SSSR count). The van der Waals surface area contributed by atoms with Gasteiger partial charge in [0.2, 0.25) is 5.91 Å². The zero-order valence-corrected chi connectivity index (χ0v) is 11.2. The van der Waals surface area contributed by atoms with Crippen LogP contribution in [0.3, 0.4) is 0 Å². The Labute approximate surface area is 109 Å². The third kappa shape index (κ3) is 4.92. The number of carbonyl (C=O) groups is 1. The summed E-state index contributed by atoms with van der Waals surface area (Å²) < 4.78 is 4.83. The second-order valence-electron chi connectivity index (χ2n) is 5.08. The van der Waals surface area contributed by atoms with Crippen LogP contribution in [0.2, 0.25) is 0 Å². The van der Waals surface area contributed by atoms with E-state index in [4.69, 9.17) is 10.5 Å². The Hall–Kier alpha value is -0.650. The lowest BCUT2D eigenvalue weighted by Crippen LogP contribution is -2.40. The maximum Gasteiger partial charge on any atom is 0.223 e.